The normalized spacial score (nSPS) is 13.9. The van der Waals surface area contributed by atoms with Crippen LogP contribution in [0.15, 0.2) is 36.4 Å². The Hall–Kier alpha value is -3.20. The van der Waals surface area contributed by atoms with Crippen molar-refractivity contribution >= 4 is 29.1 Å². The molecule has 0 radical (unpaired) electrons. The zero-order valence-corrected chi connectivity index (χ0v) is 16.2. The topological polar surface area (TPSA) is 93.0 Å². The molecule has 0 unspecified atom stereocenters. The van der Waals surface area contributed by atoms with Gasteiger partial charge in [0.1, 0.15) is 5.82 Å². The van der Waals surface area contributed by atoms with E-state index < -0.39 is 22.6 Å². The molecule has 2 aromatic carbocycles. The van der Waals surface area contributed by atoms with E-state index in [0.717, 1.165) is 6.07 Å². The number of nitro benzene ring substituents is 1. The van der Waals surface area contributed by atoms with E-state index >= 15 is 0 Å². The molecule has 0 spiro atoms. The fourth-order valence-electron chi connectivity index (χ4n) is 3.09. The monoisotopic (exact) mass is 421 g/mol. The third kappa shape index (κ3) is 4.29. The van der Waals surface area contributed by atoms with Crippen molar-refractivity contribution < 1.29 is 23.6 Å². The van der Waals surface area contributed by atoms with Gasteiger partial charge in [-0.25, -0.2) is 4.39 Å². The van der Waals surface area contributed by atoms with E-state index in [2.05, 4.69) is 0 Å². The minimum Gasteiger partial charge on any atom is -0.490 e. The number of benzene rings is 2. The molecule has 1 fully saturated rings. The van der Waals surface area contributed by atoms with E-state index in [1.54, 1.807) is 0 Å². The first-order valence-corrected chi connectivity index (χ1v) is 9.05. The number of halogens is 2. The van der Waals surface area contributed by atoms with Gasteiger partial charge in [-0.1, -0.05) is 11.6 Å². The predicted molar refractivity (Wildman–Crippen MR) is 103 cm³/mol. The largest absolute Gasteiger partial charge is 0.490 e. The molecule has 0 saturated carbocycles. The predicted octanol–water partition coefficient (Wildman–Crippen LogP) is 2.99. The second kappa shape index (κ2) is 8.44. The number of rotatable bonds is 4. The van der Waals surface area contributed by atoms with Gasteiger partial charge in [0.25, 0.3) is 11.8 Å². The summed E-state index contributed by atoms with van der Waals surface area (Å²) in [6.07, 6.45) is 0. The van der Waals surface area contributed by atoms with Gasteiger partial charge >= 0.3 is 5.69 Å². The smallest absolute Gasteiger partial charge is 0.311 e. The van der Waals surface area contributed by atoms with Crippen LogP contribution in [0.1, 0.15) is 20.7 Å². The van der Waals surface area contributed by atoms with Crippen molar-refractivity contribution in [2.45, 2.75) is 0 Å². The summed E-state index contributed by atoms with van der Waals surface area (Å²) in [5.74, 6) is -1.50. The van der Waals surface area contributed by atoms with E-state index in [0.29, 0.717) is 0 Å². The highest BCUT2D eigenvalue weighted by molar-refractivity contribution is 6.31. The third-order valence-electron chi connectivity index (χ3n) is 4.64. The van der Waals surface area contributed by atoms with Crippen molar-refractivity contribution in [1.82, 2.24) is 9.80 Å². The molecule has 0 N–H and O–H groups in total. The first-order valence-electron chi connectivity index (χ1n) is 8.68. The maximum absolute atomic E-state index is 13.9. The van der Waals surface area contributed by atoms with E-state index in [9.17, 15) is 24.1 Å². The van der Waals surface area contributed by atoms with Crippen molar-refractivity contribution in [2.75, 3.05) is 33.3 Å². The lowest BCUT2D eigenvalue weighted by Gasteiger charge is -2.35. The number of piperazine rings is 1. The molecule has 0 bridgehead atoms. The average Bonchev–Trinajstić information content (AvgIpc) is 2.74. The molecule has 8 nitrogen and oxygen atoms in total. The van der Waals surface area contributed by atoms with Gasteiger partial charge in [-0.05, 0) is 30.3 Å². The maximum Gasteiger partial charge on any atom is 0.311 e. The summed E-state index contributed by atoms with van der Waals surface area (Å²) in [5.41, 5.74) is -0.273. The second-order valence-electron chi connectivity index (χ2n) is 6.35. The number of ether oxygens (including phenoxy) is 1. The van der Waals surface area contributed by atoms with Gasteiger partial charge in [0.15, 0.2) is 5.75 Å². The molecule has 3 rings (SSSR count). The Morgan fingerprint density at radius 3 is 2.28 bits per heavy atom. The number of hydrogen-bond acceptors (Lipinski definition) is 5. The number of hydrogen-bond donors (Lipinski definition) is 0. The van der Waals surface area contributed by atoms with Crippen LogP contribution < -0.4 is 4.74 Å². The van der Waals surface area contributed by atoms with Crippen molar-refractivity contribution in [2.24, 2.45) is 0 Å². The van der Waals surface area contributed by atoms with Crippen molar-refractivity contribution in [3.63, 3.8) is 0 Å². The lowest BCUT2D eigenvalue weighted by atomic mass is 10.1. The van der Waals surface area contributed by atoms with Gasteiger partial charge in [0, 0.05) is 42.8 Å². The summed E-state index contributed by atoms with van der Waals surface area (Å²) in [5, 5.41) is 11.4. The van der Waals surface area contributed by atoms with Crippen LogP contribution in [-0.4, -0.2) is 59.8 Å². The highest BCUT2D eigenvalue weighted by Crippen LogP contribution is 2.28. The number of carbonyl (C=O) groups excluding carboxylic acids is 2. The Morgan fingerprint density at radius 2 is 1.69 bits per heavy atom. The van der Waals surface area contributed by atoms with Gasteiger partial charge < -0.3 is 14.5 Å². The molecule has 1 aliphatic heterocycles. The molecule has 29 heavy (non-hydrogen) atoms. The van der Waals surface area contributed by atoms with Crippen LogP contribution in [0.3, 0.4) is 0 Å². The van der Waals surface area contributed by atoms with E-state index in [4.69, 9.17) is 16.3 Å². The first-order chi connectivity index (χ1) is 13.8. The molecule has 2 amide bonds. The minimum absolute atomic E-state index is 0.0607. The highest BCUT2D eigenvalue weighted by atomic mass is 35.5. The molecule has 2 aromatic rings. The number of carbonyl (C=O) groups is 2. The minimum atomic E-state index is -0.663. The SMILES string of the molecule is COc1ccc(C(=O)N2CCN(C(=O)c3cc(Cl)ccc3F)CC2)cc1[N+](=O)[O-]. The quantitative estimate of drug-likeness (QED) is 0.559. The summed E-state index contributed by atoms with van der Waals surface area (Å²) in [6, 6.07) is 7.75. The zero-order chi connectivity index (χ0) is 21.1. The molecule has 10 heteroatoms. The van der Waals surface area contributed by atoms with Crippen molar-refractivity contribution in [1.29, 1.82) is 0 Å². The highest BCUT2D eigenvalue weighted by Gasteiger charge is 2.28. The van der Waals surface area contributed by atoms with Crippen LogP contribution >= 0.6 is 11.6 Å². The molecule has 1 saturated heterocycles. The summed E-state index contributed by atoms with van der Waals surface area (Å²) >= 11 is 5.84. The number of amides is 2. The summed E-state index contributed by atoms with van der Waals surface area (Å²) < 4.78 is 18.9. The van der Waals surface area contributed by atoms with Crippen molar-refractivity contribution in [3.05, 3.63) is 68.5 Å². The Balaban J connectivity index is 1.70. The summed E-state index contributed by atoms with van der Waals surface area (Å²) in [6.45, 7) is 0.836. The molecular formula is C19H17ClFN3O5. The van der Waals surface area contributed by atoms with Crippen molar-refractivity contribution in [3.8, 4) is 5.75 Å². The maximum atomic E-state index is 13.9. The van der Waals surface area contributed by atoms with Crippen LogP contribution in [0.25, 0.3) is 0 Å². The lowest BCUT2D eigenvalue weighted by Crippen LogP contribution is -2.50. The Kier molecular flexibility index (Phi) is 5.97. The Morgan fingerprint density at radius 1 is 1.07 bits per heavy atom. The zero-order valence-electron chi connectivity index (χ0n) is 15.4. The Bertz CT molecular complexity index is 976. The summed E-state index contributed by atoms with van der Waals surface area (Å²) in [7, 11) is 1.31. The number of methoxy groups -OCH3 is 1. The van der Waals surface area contributed by atoms with Crippen LogP contribution in [-0.2, 0) is 0 Å². The lowest BCUT2D eigenvalue weighted by molar-refractivity contribution is -0.385. The molecule has 0 aliphatic carbocycles. The third-order valence-corrected chi connectivity index (χ3v) is 4.87. The molecular weight excluding hydrogens is 405 g/mol. The molecule has 1 aliphatic rings. The van der Waals surface area contributed by atoms with E-state index in [1.165, 1.54) is 47.2 Å². The van der Waals surface area contributed by atoms with Gasteiger partial charge in [-0.3, -0.25) is 19.7 Å². The fraction of sp³-hybridized carbons (Fsp3) is 0.263. The van der Waals surface area contributed by atoms with E-state index in [1.807, 2.05) is 0 Å². The fourth-order valence-corrected chi connectivity index (χ4v) is 3.26. The van der Waals surface area contributed by atoms with Crippen LogP contribution in [0, 0.1) is 15.9 Å². The van der Waals surface area contributed by atoms with Crippen LogP contribution in [0.4, 0.5) is 10.1 Å². The first kappa shape index (κ1) is 20.5. The van der Waals surface area contributed by atoms with Crippen LogP contribution in [0.5, 0.6) is 5.75 Å². The standard InChI is InChI=1S/C19H17ClFN3O5/c1-29-17-5-2-12(10-16(17)24(27)28)18(25)22-6-8-23(9-7-22)19(26)14-11-13(20)3-4-15(14)21/h2-5,10-11H,6-9H2,1H3. The number of nitrogens with zero attached hydrogens (tertiary/aromatic N) is 3. The second-order valence-corrected chi connectivity index (χ2v) is 6.79. The molecule has 1 heterocycles. The average molecular weight is 422 g/mol. The Labute approximate surface area is 170 Å². The van der Waals surface area contributed by atoms with Gasteiger partial charge in [0.05, 0.1) is 17.6 Å². The van der Waals surface area contributed by atoms with Gasteiger partial charge in [0.2, 0.25) is 0 Å². The van der Waals surface area contributed by atoms with E-state index in [-0.39, 0.29) is 53.8 Å². The van der Waals surface area contributed by atoms with Crippen LogP contribution in [0.2, 0.25) is 5.02 Å². The van der Waals surface area contributed by atoms with Gasteiger partial charge in [-0.15, -0.1) is 0 Å². The van der Waals surface area contributed by atoms with Gasteiger partial charge in [-0.2, -0.15) is 0 Å². The number of nitro groups is 1. The molecule has 0 aromatic heterocycles. The molecule has 152 valence electrons. The summed E-state index contributed by atoms with van der Waals surface area (Å²) in [4.78, 5) is 38.7. The molecule has 0 atom stereocenters.